The van der Waals surface area contributed by atoms with Crippen molar-refractivity contribution in [1.29, 1.82) is 0 Å². The molecular weight excluding hydrogens is 384 g/mol. The molecule has 0 atom stereocenters. The van der Waals surface area contributed by atoms with Crippen LogP contribution in [0.3, 0.4) is 0 Å². The van der Waals surface area contributed by atoms with E-state index in [-0.39, 0.29) is 0 Å². The van der Waals surface area contributed by atoms with Crippen LogP contribution in [-0.2, 0) is 4.74 Å². The van der Waals surface area contributed by atoms with Crippen molar-refractivity contribution in [2.45, 2.75) is 60.3 Å². The van der Waals surface area contributed by atoms with Gasteiger partial charge in [0.2, 0.25) is 0 Å². The van der Waals surface area contributed by atoms with Crippen LogP contribution in [0.5, 0.6) is 0 Å². The first kappa shape index (κ1) is 29.0. The van der Waals surface area contributed by atoms with E-state index in [1.54, 1.807) is 6.20 Å². The van der Waals surface area contributed by atoms with Gasteiger partial charge in [-0.2, -0.15) is 0 Å². The number of rotatable bonds is 18. The summed E-state index contributed by atoms with van der Waals surface area (Å²) in [7, 11) is 2.12. The first-order valence-electron chi connectivity index (χ1n) is 11.5. The van der Waals surface area contributed by atoms with E-state index in [0.717, 1.165) is 51.5 Å². The maximum atomic E-state index is 5.54. The number of hydrogen-bond acceptors (Lipinski definition) is 5. The molecule has 0 aliphatic heterocycles. The third-order valence-corrected chi connectivity index (χ3v) is 5.03. The number of nitrogens with zero attached hydrogens (tertiary/aromatic N) is 4. The monoisotopic (exact) mass is 430 g/mol. The van der Waals surface area contributed by atoms with Gasteiger partial charge in [0.05, 0.1) is 12.3 Å². The van der Waals surface area contributed by atoms with E-state index in [1.807, 2.05) is 13.0 Å². The van der Waals surface area contributed by atoms with Crippen LogP contribution in [0.4, 0.5) is 0 Å². The topological polar surface area (TPSA) is 40.4 Å². The molecule has 0 spiro atoms. The lowest BCUT2D eigenvalue weighted by atomic mass is 10.1. The summed E-state index contributed by atoms with van der Waals surface area (Å²) in [6.45, 7) is 23.2. The number of aliphatic imine (C=N–C) groups is 2. The fourth-order valence-corrected chi connectivity index (χ4v) is 3.26. The highest BCUT2D eigenvalue weighted by molar-refractivity contribution is 5.35. The van der Waals surface area contributed by atoms with Gasteiger partial charge in [-0.15, -0.1) is 0 Å². The van der Waals surface area contributed by atoms with Crippen LogP contribution >= 0.6 is 0 Å². The summed E-state index contributed by atoms with van der Waals surface area (Å²) in [4.78, 5) is 12.9. The Morgan fingerprint density at radius 2 is 1.77 bits per heavy atom. The summed E-state index contributed by atoms with van der Waals surface area (Å²) >= 11 is 0. The zero-order chi connectivity index (χ0) is 23.5. The predicted octanol–water partition coefficient (Wildman–Crippen LogP) is 5.88. The zero-order valence-electron chi connectivity index (χ0n) is 21.0. The van der Waals surface area contributed by atoms with Crippen molar-refractivity contribution in [3.63, 3.8) is 0 Å². The largest absolute Gasteiger partial charge is 0.380 e. The number of unbranched alkanes of at least 4 members (excludes halogenated alkanes) is 2. The van der Waals surface area contributed by atoms with Gasteiger partial charge in [-0.25, -0.2) is 0 Å². The smallest absolute Gasteiger partial charge is 0.0641 e. The van der Waals surface area contributed by atoms with Crippen LogP contribution in [0, 0.1) is 0 Å². The second kappa shape index (κ2) is 18.8. The standard InChI is InChI=1S/C26H46N4O/c1-9-11-12-17-30(22-26(28-7)24(5)21-23(3)4)18-15-25(14-13-16-27-6)29(8)19-20-31-10-2/h13-14,16,21H,6-7,9-12,15,17-20,22H2,1-5,8H3/b16-13-,25-14+,26-24-. The SMILES string of the molecule is C=N/C=C\C=C(/CCN(CCCCC)C/C(N=C)=C(\C)C=C(C)C)N(C)CCOCC. The Labute approximate surface area is 192 Å². The Bertz CT molecular complexity index is 627. The average Bonchev–Trinajstić information content (AvgIpc) is 2.73. The summed E-state index contributed by atoms with van der Waals surface area (Å²) in [5.74, 6) is 0. The Balaban J connectivity index is 5.40. The molecule has 0 rings (SSSR count). The van der Waals surface area contributed by atoms with Crippen LogP contribution in [0.2, 0.25) is 0 Å². The van der Waals surface area contributed by atoms with Crippen LogP contribution in [0.1, 0.15) is 60.3 Å². The molecule has 5 heteroatoms. The van der Waals surface area contributed by atoms with E-state index >= 15 is 0 Å². The Morgan fingerprint density at radius 3 is 2.35 bits per heavy atom. The average molecular weight is 431 g/mol. The molecule has 5 nitrogen and oxygen atoms in total. The molecule has 31 heavy (non-hydrogen) atoms. The summed E-state index contributed by atoms with van der Waals surface area (Å²) in [6, 6.07) is 0. The lowest BCUT2D eigenvalue weighted by Crippen LogP contribution is -2.31. The molecule has 0 aliphatic rings. The molecule has 0 saturated heterocycles. The minimum absolute atomic E-state index is 0.725. The molecule has 0 bridgehead atoms. The second-order valence-corrected chi connectivity index (χ2v) is 8.04. The van der Waals surface area contributed by atoms with E-state index in [2.05, 4.69) is 80.1 Å². The number of ether oxygens (including phenoxy) is 1. The molecule has 0 saturated carbocycles. The molecule has 0 fully saturated rings. The van der Waals surface area contributed by atoms with Crippen molar-refractivity contribution in [2.24, 2.45) is 9.98 Å². The molecule has 0 heterocycles. The van der Waals surface area contributed by atoms with Gasteiger partial charge in [0, 0.05) is 51.6 Å². The first-order chi connectivity index (χ1) is 14.9. The van der Waals surface area contributed by atoms with Crippen molar-refractivity contribution in [2.75, 3.05) is 46.4 Å². The third-order valence-electron chi connectivity index (χ3n) is 5.03. The van der Waals surface area contributed by atoms with E-state index in [4.69, 9.17) is 4.74 Å². The molecule has 0 N–H and O–H groups in total. The molecule has 176 valence electrons. The van der Waals surface area contributed by atoms with Gasteiger partial charge in [-0.05, 0) is 71.8 Å². The number of likely N-dealkylation sites (N-methyl/N-ethyl adjacent to an activating group) is 1. The van der Waals surface area contributed by atoms with Crippen molar-refractivity contribution in [1.82, 2.24) is 9.80 Å². The van der Waals surface area contributed by atoms with Gasteiger partial charge in [-0.1, -0.05) is 31.4 Å². The van der Waals surface area contributed by atoms with Gasteiger partial charge in [0.25, 0.3) is 0 Å². The highest BCUT2D eigenvalue weighted by Gasteiger charge is 2.12. The fraction of sp³-hybridized carbons (Fsp3) is 0.615. The van der Waals surface area contributed by atoms with Crippen molar-refractivity contribution in [3.8, 4) is 0 Å². The Morgan fingerprint density at radius 1 is 1.03 bits per heavy atom. The Kier molecular flexibility index (Phi) is 17.6. The second-order valence-electron chi connectivity index (χ2n) is 8.04. The highest BCUT2D eigenvalue weighted by atomic mass is 16.5. The molecule has 0 aromatic heterocycles. The van der Waals surface area contributed by atoms with Crippen LogP contribution in [-0.4, -0.2) is 69.7 Å². The number of hydrogen-bond donors (Lipinski definition) is 0. The molecule has 0 aromatic carbocycles. The van der Waals surface area contributed by atoms with Gasteiger partial charge >= 0.3 is 0 Å². The molecular formula is C26H46N4O. The molecule has 0 aromatic rings. The van der Waals surface area contributed by atoms with E-state index in [1.165, 1.54) is 36.1 Å². The van der Waals surface area contributed by atoms with Crippen LogP contribution < -0.4 is 0 Å². The van der Waals surface area contributed by atoms with Crippen molar-refractivity contribution >= 4 is 13.4 Å². The van der Waals surface area contributed by atoms with E-state index in [9.17, 15) is 0 Å². The predicted molar refractivity (Wildman–Crippen MR) is 138 cm³/mol. The minimum Gasteiger partial charge on any atom is -0.380 e. The van der Waals surface area contributed by atoms with Gasteiger partial charge < -0.3 is 9.64 Å². The summed E-state index contributed by atoms with van der Waals surface area (Å²) in [5.41, 5.74) is 4.79. The van der Waals surface area contributed by atoms with Gasteiger partial charge in [-0.3, -0.25) is 14.9 Å². The van der Waals surface area contributed by atoms with Crippen molar-refractivity contribution in [3.05, 3.63) is 47.0 Å². The molecule has 0 radical (unpaired) electrons. The molecule has 0 amide bonds. The fourth-order valence-electron chi connectivity index (χ4n) is 3.26. The van der Waals surface area contributed by atoms with Crippen molar-refractivity contribution < 1.29 is 4.74 Å². The normalized spacial score (nSPS) is 12.8. The highest BCUT2D eigenvalue weighted by Crippen LogP contribution is 2.15. The minimum atomic E-state index is 0.725. The maximum Gasteiger partial charge on any atom is 0.0641 e. The molecule has 0 aliphatic carbocycles. The number of allylic oxidation sites excluding steroid dienone is 5. The lowest BCUT2D eigenvalue weighted by Gasteiger charge is -2.27. The quantitative estimate of drug-likeness (QED) is 0.155. The summed E-state index contributed by atoms with van der Waals surface area (Å²) < 4.78 is 5.54. The maximum absolute atomic E-state index is 5.54. The lowest BCUT2D eigenvalue weighted by molar-refractivity contribution is 0.129. The van der Waals surface area contributed by atoms with Gasteiger partial charge in [0.1, 0.15) is 0 Å². The van der Waals surface area contributed by atoms with Gasteiger partial charge in [0.15, 0.2) is 0 Å². The third kappa shape index (κ3) is 14.6. The van der Waals surface area contributed by atoms with Crippen LogP contribution in [0.15, 0.2) is 57.0 Å². The summed E-state index contributed by atoms with van der Waals surface area (Å²) in [6.07, 6.45) is 12.6. The first-order valence-corrected chi connectivity index (χ1v) is 11.5. The Hall–Kier alpha value is -1.98. The zero-order valence-corrected chi connectivity index (χ0v) is 21.0. The summed E-state index contributed by atoms with van der Waals surface area (Å²) in [5, 5.41) is 0. The molecule has 0 unspecified atom stereocenters. The van der Waals surface area contributed by atoms with E-state index in [0.29, 0.717) is 0 Å². The van der Waals surface area contributed by atoms with E-state index < -0.39 is 0 Å². The van der Waals surface area contributed by atoms with Crippen LogP contribution in [0.25, 0.3) is 0 Å².